The molecule has 0 aliphatic rings. The Balaban J connectivity index is 2.20. The van der Waals surface area contributed by atoms with Gasteiger partial charge in [-0.25, -0.2) is 15.0 Å². The van der Waals surface area contributed by atoms with Gasteiger partial charge < -0.3 is 10.5 Å². The summed E-state index contributed by atoms with van der Waals surface area (Å²) >= 11 is 3.07. The number of methoxy groups -OCH3 is 1. The summed E-state index contributed by atoms with van der Waals surface area (Å²) in [5.41, 5.74) is 6.72. The number of aromatic nitrogens is 3. The smallest absolute Gasteiger partial charge is 0.157 e. The van der Waals surface area contributed by atoms with Gasteiger partial charge in [0.05, 0.1) is 0 Å². The Hall–Kier alpha value is -1.18. The number of nitrogens with two attached hydrogens (primary N) is 1. The van der Waals surface area contributed by atoms with Gasteiger partial charge >= 0.3 is 0 Å². The molecule has 0 aliphatic carbocycles. The summed E-state index contributed by atoms with van der Waals surface area (Å²) in [7, 11) is 1.60. The van der Waals surface area contributed by atoms with Gasteiger partial charge in [-0.2, -0.15) is 0 Å². The maximum absolute atomic E-state index is 5.71. The van der Waals surface area contributed by atoms with Crippen molar-refractivity contribution in [3.05, 3.63) is 23.0 Å². The van der Waals surface area contributed by atoms with Gasteiger partial charge in [0.1, 0.15) is 17.5 Å². The molecule has 2 heterocycles. The van der Waals surface area contributed by atoms with Crippen LogP contribution in [0.4, 0.5) is 5.82 Å². The third-order valence-corrected chi connectivity index (χ3v) is 3.81. The van der Waals surface area contributed by atoms with Crippen molar-refractivity contribution in [3.8, 4) is 0 Å². The van der Waals surface area contributed by atoms with Crippen LogP contribution in [-0.4, -0.2) is 22.1 Å². The van der Waals surface area contributed by atoms with Crippen LogP contribution in [0.15, 0.2) is 20.8 Å². The molecular formula is C10H12N4OS2. The molecule has 0 fully saturated rings. The molecule has 90 valence electrons. The van der Waals surface area contributed by atoms with Gasteiger partial charge in [-0.05, 0) is 18.7 Å². The molecule has 0 spiro atoms. The number of thiazole rings is 1. The van der Waals surface area contributed by atoms with Crippen molar-refractivity contribution in [2.24, 2.45) is 0 Å². The molecule has 0 bridgehead atoms. The lowest BCUT2D eigenvalue weighted by molar-refractivity contribution is 0.177. The van der Waals surface area contributed by atoms with Crippen LogP contribution in [0.1, 0.15) is 11.5 Å². The SMILES string of the molecule is COCc1nc(N)cc(Sc2nc(C)cs2)n1. The van der Waals surface area contributed by atoms with Crippen LogP contribution in [0, 0.1) is 6.92 Å². The number of rotatable bonds is 4. The molecule has 2 aromatic rings. The first kappa shape index (κ1) is 12.3. The maximum atomic E-state index is 5.71. The van der Waals surface area contributed by atoms with Crippen LogP contribution in [0.25, 0.3) is 0 Å². The number of anilines is 1. The van der Waals surface area contributed by atoms with Gasteiger partial charge in [0.25, 0.3) is 0 Å². The fourth-order valence-electron chi connectivity index (χ4n) is 1.21. The maximum Gasteiger partial charge on any atom is 0.157 e. The fourth-order valence-corrected chi connectivity index (χ4v) is 3.02. The van der Waals surface area contributed by atoms with E-state index in [1.165, 1.54) is 11.8 Å². The summed E-state index contributed by atoms with van der Waals surface area (Å²) in [5, 5.41) is 2.79. The average Bonchev–Trinajstić information content (AvgIpc) is 2.63. The van der Waals surface area contributed by atoms with Crippen molar-refractivity contribution >= 4 is 28.9 Å². The Labute approximate surface area is 107 Å². The molecule has 7 heteroatoms. The summed E-state index contributed by atoms with van der Waals surface area (Å²) in [6.07, 6.45) is 0. The first-order valence-electron chi connectivity index (χ1n) is 4.89. The highest BCUT2D eigenvalue weighted by molar-refractivity contribution is 8.01. The van der Waals surface area contributed by atoms with Crippen LogP contribution in [0.3, 0.4) is 0 Å². The topological polar surface area (TPSA) is 73.9 Å². The molecule has 2 rings (SSSR count). The average molecular weight is 268 g/mol. The summed E-state index contributed by atoms with van der Waals surface area (Å²) < 4.78 is 5.94. The summed E-state index contributed by atoms with van der Waals surface area (Å²) in [6, 6.07) is 1.74. The lowest BCUT2D eigenvalue weighted by Crippen LogP contribution is -2.01. The minimum absolute atomic E-state index is 0.357. The quantitative estimate of drug-likeness (QED) is 0.856. The Morgan fingerprint density at radius 1 is 1.41 bits per heavy atom. The zero-order valence-corrected chi connectivity index (χ0v) is 11.1. The van der Waals surface area contributed by atoms with Gasteiger partial charge in [0.2, 0.25) is 0 Å². The molecule has 0 unspecified atom stereocenters. The van der Waals surface area contributed by atoms with E-state index >= 15 is 0 Å². The Morgan fingerprint density at radius 3 is 2.88 bits per heavy atom. The van der Waals surface area contributed by atoms with Crippen molar-refractivity contribution in [1.29, 1.82) is 0 Å². The minimum atomic E-state index is 0.357. The van der Waals surface area contributed by atoms with Crippen molar-refractivity contribution in [3.63, 3.8) is 0 Å². The first-order valence-corrected chi connectivity index (χ1v) is 6.59. The second-order valence-electron chi connectivity index (χ2n) is 3.34. The molecule has 0 aliphatic heterocycles. The molecule has 0 atom stereocenters. The summed E-state index contributed by atoms with van der Waals surface area (Å²) in [5.74, 6) is 1.03. The highest BCUT2D eigenvalue weighted by atomic mass is 32.2. The van der Waals surface area contributed by atoms with E-state index in [9.17, 15) is 0 Å². The van der Waals surface area contributed by atoms with Crippen molar-refractivity contribution < 1.29 is 4.74 Å². The standard InChI is InChI=1S/C10H12N4OS2/c1-6-5-16-10(12-6)17-9-3-7(11)13-8(14-9)4-15-2/h3,5H,4H2,1-2H3,(H2,11,13,14). The van der Waals surface area contributed by atoms with Crippen molar-refractivity contribution in [2.45, 2.75) is 22.9 Å². The van der Waals surface area contributed by atoms with E-state index in [0.29, 0.717) is 18.2 Å². The number of nitrogen functional groups attached to an aromatic ring is 1. The number of nitrogens with zero attached hydrogens (tertiary/aromatic N) is 3. The molecular weight excluding hydrogens is 256 g/mol. The van der Waals surface area contributed by atoms with E-state index in [1.54, 1.807) is 24.5 Å². The third-order valence-electron chi connectivity index (χ3n) is 1.83. The van der Waals surface area contributed by atoms with Gasteiger partial charge in [-0.3, -0.25) is 0 Å². The van der Waals surface area contributed by atoms with E-state index in [1.807, 2.05) is 12.3 Å². The van der Waals surface area contributed by atoms with Crippen LogP contribution >= 0.6 is 23.1 Å². The van der Waals surface area contributed by atoms with E-state index in [-0.39, 0.29) is 0 Å². The van der Waals surface area contributed by atoms with Gasteiger partial charge in [-0.1, -0.05) is 0 Å². The molecule has 0 saturated carbocycles. The Bertz CT molecular complexity index is 515. The second-order valence-corrected chi connectivity index (χ2v) is 5.46. The molecule has 0 radical (unpaired) electrons. The Kier molecular flexibility index (Phi) is 3.93. The summed E-state index contributed by atoms with van der Waals surface area (Å²) in [4.78, 5) is 12.8. The number of hydrogen-bond donors (Lipinski definition) is 1. The van der Waals surface area contributed by atoms with Gasteiger partial charge in [0, 0.05) is 24.3 Å². The summed E-state index contributed by atoms with van der Waals surface area (Å²) in [6.45, 7) is 2.32. The van der Waals surface area contributed by atoms with Crippen LogP contribution < -0.4 is 5.73 Å². The van der Waals surface area contributed by atoms with E-state index in [0.717, 1.165) is 15.1 Å². The minimum Gasteiger partial charge on any atom is -0.384 e. The zero-order chi connectivity index (χ0) is 12.3. The molecule has 0 aromatic carbocycles. The molecule has 2 aromatic heterocycles. The van der Waals surface area contributed by atoms with Gasteiger partial charge in [-0.15, -0.1) is 11.3 Å². The molecule has 5 nitrogen and oxygen atoms in total. The largest absolute Gasteiger partial charge is 0.384 e. The van der Waals surface area contributed by atoms with E-state index in [2.05, 4.69) is 15.0 Å². The second kappa shape index (κ2) is 5.44. The third kappa shape index (κ3) is 3.39. The van der Waals surface area contributed by atoms with Crippen LogP contribution in [0.5, 0.6) is 0 Å². The van der Waals surface area contributed by atoms with Crippen molar-refractivity contribution in [2.75, 3.05) is 12.8 Å². The van der Waals surface area contributed by atoms with Crippen molar-refractivity contribution in [1.82, 2.24) is 15.0 Å². The number of ether oxygens (including phenoxy) is 1. The monoisotopic (exact) mass is 268 g/mol. The molecule has 2 N–H and O–H groups in total. The van der Waals surface area contributed by atoms with Crippen LogP contribution in [-0.2, 0) is 11.3 Å². The molecule has 17 heavy (non-hydrogen) atoms. The normalized spacial score (nSPS) is 10.7. The fraction of sp³-hybridized carbons (Fsp3) is 0.300. The number of aryl methyl sites for hydroxylation is 1. The van der Waals surface area contributed by atoms with Gasteiger partial charge in [0.15, 0.2) is 10.2 Å². The highest BCUT2D eigenvalue weighted by Crippen LogP contribution is 2.29. The van der Waals surface area contributed by atoms with E-state index in [4.69, 9.17) is 10.5 Å². The predicted molar refractivity (Wildman–Crippen MR) is 68.1 cm³/mol. The number of hydrogen-bond acceptors (Lipinski definition) is 7. The lowest BCUT2D eigenvalue weighted by Gasteiger charge is -2.03. The van der Waals surface area contributed by atoms with E-state index < -0.39 is 0 Å². The van der Waals surface area contributed by atoms with Crippen LogP contribution in [0.2, 0.25) is 0 Å². The first-order chi connectivity index (χ1) is 8.17. The predicted octanol–water partition coefficient (Wildman–Crippen LogP) is 2.12. The Morgan fingerprint density at radius 2 is 2.24 bits per heavy atom. The molecule has 0 saturated heterocycles. The zero-order valence-electron chi connectivity index (χ0n) is 9.51. The molecule has 0 amide bonds. The highest BCUT2D eigenvalue weighted by Gasteiger charge is 2.07. The lowest BCUT2D eigenvalue weighted by atomic mass is 10.5.